The summed E-state index contributed by atoms with van der Waals surface area (Å²) in [6.07, 6.45) is 10.5. The summed E-state index contributed by atoms with van der Waals surface area (Å²) in [6, 6.07) is 5.49. The number of rotatable bonds is 1. The minimum atomic E-state index is 0.633. The van der Waals surface area contributed by atoms with Gasteiger partial charge >= 0.3 is 0 Å². The molecule has 1 N–H and O–H groups in total. The quantitative estimate of drug-likeness (QED) is 0.775. The molecule has 5 aliphatic rings. The predicted octanol–water partition coefficient (Wildman–Crippen LogP) is 4.86. The summed E-state index contributed by atoms with van der Waals surface area (Å²) in [4.78, 5) is 0. The lowest BCUT2D eigenvalue weighted by atomic mass is 9.47. The highest BCUT2D eigenvalue weighted by Gasteiger charge is 2.55. The summed E-state index contributed by atoms with van der Waals surface area (Å²) < 4.78 is 0. The van der Waals surface area contributed by atoms with Crippen molar-refractivity contribution in [2.45, 2.75) is 64.8 Å². The third-order valence-corrected chi connectivity index (χ3v) is 7.13. The highest BCUT2D eigenvalue weighted by atomic mass is 15.0. The Morgan fingerprint density at radius 2 is 1.57 bits per heavy atom. The first-order chi connectivity index (χ1) is 10.1. The number of hydrogen-bond donors (Lipinski definition) is 1. The second-order valence-corrected chi connectivity index (χ2v) is 8.80. The molecule has 1 heterocycles. The van der Waals surface area contributed by atoms with Crippen molar-refractivity contribution in [2.24, 2.45) is 23.2 Å². The number of benzene rings is 1. The summed E-state index contributed by atoms with van der Waals surface area (Å²) in [5.74, 6) is 3.18. The van der Waals surface area contributed by atoms with Gasteiger partial charge in [-0.1, -0.05) is 17.7 Å². The first kappa shape index (κ1) is 12.6. The zero-order valence-electron chi connectivity index (χ0n) is 13.4. The zero-order valence-corrected chi connectivity index (χ0v) is 13.4. The average Bonchev–Trinajstić information content (AvgIpc) is 2.82. The second kappa shape index (κ2) is 4.06. The molecule has 4 saturated carbocycles. The number of anilines is 1. The number of aryl methyl sites for hydroxylation is 2. The van der Waals surface area contributed by atoms with Crippen molar-refractivity contribution < 1.29 is 0 Å². The van der Waals surface area contributed by atoms with Crippen LogP contribution in [0.4, 0.5) is 5.69 Å². The number of fused-ring (bicyclic) bond motifs is 1. The van der Waals surface area contributed by atoms with Gasteiger partial charge in [-0.3, -0.25) is 0 Å². The lowest BCUT2D eigenvalue weighted by Gasteiger charge is -2.59. The van der Waals surface area contributed by atoms with Crippen molar-refractivity contribution in [1.29, 1.82) is 0 Å². The summed E-state index contributed by atoms with van der Waals surface area (Å²) in [5, 5.41) is 3.99. The number of nitrogens with one attached hydrogen (secondary N) is 1. The van der Waals surface area contributed by atoms with Crippen molar-refractivity contribution in [3.8, 4) is 0 Å². The van der Waals surface area contributed by atoms with Crippen LogP contribution in [0.15, 0.2) is 12.1 Å². The molecular weight excluding hydrogens is 254 g/mol. The van der Waals surface area contributed by atoms with Gasteiger partial charge in [0, 0.05) is 11.7 Å². The molecule has 0 amide bonds. The highest BCUT2D eigenvalue weighted by Crippen LogP contribution is 2.62. The fourth-order valence-corrected chi connectivity index (χ4v) is 6.84. The molecule has 0 saturated heterocycles. The van der Waals surface area contributed by atoms with E-state index >= 15 is 0 Å². The van der Waals surface area contributed by atoms with Gasteiger partial charge in [0.2, 0.25) is 0 Å². The molecule has 6 rings (SSSR count). The first-order valence-electron chi connectivity index (χ1n) is 8.98. The van der Waals surface area contributed by atoms with E-state index in [9.17, 15) is 0 Å². The Hall–Kier alpha value is -0.980. The molecule has 0 radical (unpaired) electrons. The summed E-state index contributed by atoms with van der Waals surface area (Å²) in [6.45, 7) is 4.52. The van der Waals surface area contributed by atoms with Crippen LogP contribution >= 0.6 is 0 Å². The SMILES string of the molecule is Cc1cc(C)c2c(c1)CC(C13CC4CC(CC(C4)C1)C3)N2. The van der Waals surface area contributed by atoms with Crippen LogP contribution < -0.4 is 5.32 Å². The number of hydrogen-bond acceptors (Lipinski definition) is 1. The van der Waals surface area contributed by atoms with Crippen molar-refractivity contribution in [1.82, 2.24) is 0 Å². The van der Waals surface area contributed by atoms with E-state index in [-0.39, 0.29) is 0 Å². The third kappa shape index (κ3) is 1.76. The van der Waals surface area contributed by atoms with E-state index < -0.39 is 0 Å². The van der Waals surface area contributed by atoms with Crippen LogP contribution in [0, 0.1) is 37.0 Å². The summed E-state index contributed by atoms with van der Waals surface area (Å²) in [5.41, 5.74) is 6.58. The van der Waals surface area contributed by atoms with Crippen LogP contribution in [0.2, 0.25) is 0 Å². The van der Waals surface area contributed by atoms with E-state index in [2.05, 4.69) is 31.3 Å². The Labute approximate surface area is 128 Å². The predicted molar refractivity (Wildman–Crippen MR) is 87.6 cm³/mol. The van der Waals surface area contributed by atoms with Gasteiger partial charge < -0.3 is 5.32 Å². The van der Waals surface area contributed by atoms with Crippen molar-refractivity contribution in [2.75, 3.05) is 5.32 Å². The Bertz CT molecular complexity index is 565. The molecule has 1 heteroatoms. The average molecular weight is 281 g/mol. The van der Waals surface area contributed by atoms with Crippen LogP contribution in [0.25, 0.3) is 0 Å². The standard InChI is InChI=1S/C20H27N/c1-12-3-13(2)19-17(4-12)8-18(21-19)20-9-14-5-15(10-20)7-16(6-14)11-20/h3-4,14-16,18,21H,5-11H2,1-2H3. The molecule has 0 aromatic heterocycles. The van der Waals surface area contributed by atoms with Crippen LogP contribution in [0.1, 0.15) is 55.2 Å². The minimum absolute atomic E-state index is 0.633. The van der Waals surface area contributed by atoms with E-state index in [1.807, 2.05) is 0 Å². The second-order valence-electron chi connectivity index (χ2n) is 8.80. The molecule has 1 aromatic rings. The minimum Gasteiger partial charge on any atom is -0.381 e. The van der Waals surface area contributed by atoms with Gasteiger partial charge in [0.25, 0.3) is 0 Å². The molecule has 4 aliphatic carbocycles. The van der Waals surface area contributed by atoms with Gasteiger partial charge in [0.1, 0.15) is 0 Å². The van der Waals surface area contributed by atoms with Crippen molar-refractivity contribution >= 4 is 5.69 Å². The van der Waals surface area contributed by atoms with E-state index in [0.717, 1.165) is 23.8 Å². The molecule has 1 aliphatic heterocycles. The Balaban J connectivity index is 1.49. The topological polar surface area (TPSA) is 12.0 Å². The third-order valence-electron chi connectivity index (χ3n) is 7.13. The van der Waals surface area contributed by atoms with Gasteiger partial charge in [-0.05, 0) is 93.1 Å². The molecule has 1 atom stereocenters. The maximum Gasteiger partial charge on any atom is 0.0405 e. The van der Waals surface area contributed by atoms with Crippen LogP contribution in [0.5, 0.6) is 0 Å². The van der Waals surface area contributed by atoms with E-state index in [0.29, 0.717) is 5.41 Å². The Morgan fingerprint density at radius 3 is 2.19 bits per heavy atom. The monoisotopic (exact) mass is 281 g/mol. The molecular formula is C20H27N. The Kier molecular flexibility index (Phi) is 2.42. The van der Waals surface area contributed by atoms with Crippen molar-refractivity contribution in [3.05, 3.63) is 28.8 Å². The lowest BCUT2D eigenvalue weighted by Crippen LogP contribution is -2.53. The molecule has 0 spiro atoms. The van der Waals surface area contributed by atoms with Crippen LogP contribution in [-0.4, -0.2) is 6.04 Å². The Morgan fingerprint density at radius 1 is 0.952 bits per heavy atom. The normalized spacial score (nSPS) is 43.0. The molecule has 1 aromatic carbocycles. The molecule has 1 unspecified atom stereocenters. The highest BCUT2D eigenvalue weighted by molar-refractivity contribution is 5.63. The van der Waals surface area contributed by atoms with E-state index in [1.165, 1.54) is 42.5 Å². The fourth-order valence-electron chi connectivity index (χ4n) is 6.84. The van der Waals surface area contributed by atoms with Crippen LogP contribution in [0.3, 0.4) is 0 Å². The largest absolute Gasteiger partial charge is 0.381 e. The van der Waals surface area contributed by atoms with Gasteiger partial charge in [0.05, 0.1) is 0 Å². The van der Waals surface area contributed by atoms with Gasteiger partial charge in [-0.15, -0.1) is 0 Å². The molecule has 112 valence electrons. The maximum absolute atomic E-state index is 3.99. The van der Waals surface area contributed by atoms with Crippen LogP contribution in [-0.2, 0) is 6.42 Å². The van der Waals surface area contributed by atoms with Gasteiger partial charge in [0.15, 0.2) is 0 Å². The molecule has 1 nitrogen and oxygen atoms in total. The zero-order chi connectivity index (χ0) is 14.2. The summed E-state index contributed by atoms with van der Waals surface area (Å²) >= 11 is 0. The van der Waals surface area contributed by atoms with Crippen molar-refractivity contribution in [3.63, 3.8) is 0 Å². The van der Waals surface area contributed by atoms with Gasteiger partial charge in [-0.2, -0.15) is 0 Å². The maximum atomic E-state index is 3.99. The van der Waals surface area contributed by atoms with Gasteiger partial charge in [-0.25, -0.2) is 0 Å². The lowest BCUT2D eigenvalue weighted by molar-refractivity contribution is -0.0619. The molecule has 21 heavy (non-hydrogen) atoms. The molecule has 4 fully saturated rings. The smallest absolute Gasteiger partial charge is 0.0405 e. The van der Waals surface area contributed by atoms with E-state index in [4.69, 9.17) is 0 Å². The molecule has 4 bridgehead atoms. The fraction of sp³-hybridized carbons (Fsp3) is 0.700. The summed E-state index contributed by atoms with van der Waals surface area (Å²) in [7, 11) is 0. The van der Waals surface area contributed by atoms with E-state index in [1.54, 1.807) is 24.8 Å². The first-order valence-corrected chi connectivity index (χ1v) is 8.98.